The Kier molecular flexibility index (Phi) is 2.68. The van der Waals surface area contributed by atoms with E-state index >= 15 is 0 Å². The zero-order chi connectivity index (χ0) is 11.5. The van der Waals surface area contributed by atoms with Crippen molar-refractivity contribution in [1.29, 1.82) is 0 Å². The van der Waals surface area contributed by atoms with Gasteiger partial charge in [-0.3, -0.25) is 9.67 Å². The number of aromatic nitrogens is 3. The molecule has 0 aliphatic heterocycles. The van der Waals surface area contributed by atoms with Gasteiger partial charge in [-0.2, -0.15) is 5.10 Å². The van der Waals surface area contributed by atoms with E-state index < -0.39 is 5.97 Å². The Balaban J connectivity index is 2.30. The van der Waals surface area contributed by atoms with Gasteiger partial charge in [0, 0.05) is 24.5 Å². The number of carboxylic acid groups (broad SMARTS) is 1. The first kappa shape index (κ1) is 10.4. The van der Waals surface area contributed by atoms with Crippen molar-refractivity contribution >= 4 is 5.97 Å². The second kappa shape index (κ2) is 4.14. The van der Waals surface area contributed by atoms with Crippen LogP contribution in [0.15, 0.2) is 30.7 Å². The fraction of sp³-hybridized carbons (Fsp3) is 0.182. The molecule has 2 rings (SSSR count). The molecule has 2 aromatic heterocycles. The molecule has 1 N–H and O–H groups in total. The maximum absolute atomic E-state index is 10.6. The Labute approximate surface area is 92.4 Å². The summed E-state index contributed by atoms with van der Waals surface area (Å²) in [6.45, 7) is 2.80. The molecule has 0 saturated carbocycles. The van der Waals surface area contributed by atoms with Crippen LogP contribution < -0.4 is 0 Å². The maximum atomic E-state index is 10.6. The van der Waals surface area contributed by atoms with Crippen LogP contribution in [0.1, 0.15) is 17.3 Å². The molecular weight excluding hydrogens is 206 g/mol. The molecular formula is C11H11N3O2. The number of hydrogen-bond donors (Lipinski definition) is 1. The van der Waals surface area contributed by atoms with E-state index in [1.165, 1.54) is 12.3 Å². The van der Waals surface area contributed by atoms with Crippen LogP contribution in [0.2, 0.25) is 0 Å². The molecule has 5 nitrogen and oxygen atoms in total. The Hall–Kier alpha value is -2.17. The van der Waals surface area contributed by atoms with Gasteiger partial charge in [0.25, 0.3) is 0 Å². The molecule has 0 spiro atoms. The lowest BCUT2D eigenvalue weighted by Crippen LogP contribution is -1.96. The zero-order valence-corrected chi connectivity index (χ0v) is 8.79. The molecule has 0 amide bonds. The van der Waals surface area contributed by atoms with Crippen LogP contribution in [0, 0.1) is 0 Å². The summed E-state index contributed by atoms with van der Waals surface area (Å²) in [5.41, 5.74) is 1.80. The van der Waals surface area contributed by atoms with Crippen molar-refractivity contribution in [3.05, 3.63) is 36.3 Å². The summed E-state index contributed by atoms with van der Waals surface area (Å²) >= 11 is 0. The minimum atomic E-state index is -0.969. The Morgan fingerprint density at radius 1 is 1.44 bits per heavy atom. The van der Waals surface area contributed by atoms with Crippen LogP contribution in [0.5, 0.6) is 0 Å². The summed E-state index contributed by atoms with van der Waals surface area (Å²) in [4.78, 5) is 14.7. The first-order valence-electron chi connectivity index (χ1n) is 4.93. The van der Waals surface area contributed by atoms with Gasteiger partial charge in [-0.25, -0.2) is 4.79 Å². The number of carbonyl (C=O) groups is 1. The van der Waals surface area contributed by atoms with Crippen molar-refractivity contribution in [2.45, 2.75) is 13.5 Å². The molecule has 2 aromatic rings. The summed E-state index contributed by atoms with van der Waals surface area (Å²) in [6, 6.07) is 3.22. The molecule has 0 unspecified atom stereocenters. The van der Waals surface area contributed by atoms with Gasteiger partial charge >= 0.3 is 5.97 Å². The molecule has 0 fully saturated rings. The molecule has 16 heavy (non-hydrogen) atoms. The number of aryl methyl sites for hydroxylation is 1. The van der Waals surface area contributed by atoms with Gasteiger partial charge in [0.05, 0.1) is 17.5 Å². The molecule has 5 heteroatoms. The van der Waals surface area contributed by atoms with E-state index in [-0.39, 0.29) is 5.56 Å². The smallest absolute Gasteiger partial charge is 0.337 e. The predicted molar refractivity (Wildman–Crippen MR) is 58.1 cm³/mol. The maximum Gasteiger partial charge on any atom is 0.337 e. The highest BCUT2D eigenvalue weighted by Gasteiger charge is 2.05. The summed E-state index contributed by atoms with van der Waals surface area (Å²) < 4.78 is 1.79. The van der Waals surface area contributed by atoms with Gasteiger partial charge in [0.2, 0.25) is 0 Å². The highest BCUT2D eigenvalue weighted by atomic mass is 16.4. The van der Waals surface area contributed by atoms with Crippen LogP contribution in [0.4, 0.5) is 0 Å². The number of rotatable bonds is 3. The van der Waals surface area contributed by atoms with Gasteiger partial charge in [-0.05, 0) is 19.1 Å². The van der Waals surface area contributed by atoms with E-state index in [0.717, 1.165) is 17.8 Å². The molecule has 0 saturated heterocycles. The van der Waals surface area contributed by atoms with Crippen molar-refractivity contribution in [1.82, 2.24) is 14.8 Å². The standard InChI is InChI=1S/C11H11N3O2/c1-2-14-7-9(6-13-14)10-4-3-8(5-12-10)11(15)16/h3-7H,2H2,1H3,(H,15,16). The lowest BCUT2D eigenvalue weighted by Gasteiger charge is -1.97. The quantitative estimate of drug-likeness (QED) is 0.849. The summed E-state index contributed by atoms with van der Waals surface area (Å²) in [6.07, 6.45) is 4.94. The fourth-order valence-electron chi connectivity index (χ4n) is 1.36. The average Bonchev–Trinajstić information content (AvgIpc) is 2.77. The van der Waals surface area contributed by atoms with E-state index in [4.69, 9.17) is 5.11 Å². The van der Waals surface area contributed by atoms with Crippen molar-refractivity contribution in [3.8, 4) is 11.3 Å². The fourth-order valence-corrected chi connectivity index (χ4v) is 1.36. The van der Waals surface area contributed by atoms with Crippen LogP contribution in [0.25, 0.3) is 11.3 Å². The van der Waals surface area contributed by atoms with Gasteiger partial charge in [0.1, 0.15) is 0 Å². The molecule has 0 aliphatic rings. The first-order chi connectivity index (χ1) is 7.70. The summed E-state index contributed by atoms with van der Waals surface area (Å²) in [7, 11) is 0. The Morgan fingerprint density at radius 3 is 2.75 bits per heavy atom. The van der Waals surface area contributed by atoms with Gasteiger partial charge in [0.15, 0.2) is 0 Å². The number of nitrogens with zero attached hydrogens (tertiary/aromatic N) is 3. The highest BCUT2D eigenvalue weighted by Crippen LogP contribution is 2.15. The highest BCUT2D eigenvalue weighted by molar-refractivity contribution is 5.87. The van der Waals surface area contributed by atoms with E-state index in [9.17, 15) is 4.79 Å². The largest absolute Gasteiger partial charge is 0.478 e. The Bertz CT molecular complexity index is 502. The van der Waals surface area contributed by atoms with E-state index in [2.05, 4.69) is 10.1 Å². The number of aromatic carboxylic acids is 1. The van der Waals surface area contributed by atoms with Gasteiger partial charge < -0.3 is 5.11 Å². The van der Waals surface area contributed by atoms with Gasteiger partial charge in [-0.15, -0.1) is 0 Å². The second-order valence-corrected chi connectivity index (χ2v) is 3.32. The average molecular weight is 217 g/mol. The van der Waals surface area contributed by atoms with Crippen molar-refractivity contribution in [2.24, 2.45) is 0 Å². The SMILES string of the molecule is CCn1cc(-c2ccc(C(=O)O)cn2)cn1. The third kappa shape index (κ3) is 1.93. The van der Waals surface area contributed by atoms with Crippen molar-refractivity contribution in [2.75, 3.05) is 0 Å². The van der Waals surface area contributed by atoms with Crippen LogP contribution in [-0.2, 0) is 6.54 Å². The monoisotopic (exact) mass is 217 g/mol. The summed E-state index contributed by atoms with van der Waals surface area (Å²) in [5, 5.41) is 12.9. The van der Waals surface area contributed by atoms with Crippen LogP contribution in [-0.4, -0.2) is 25.8 Å². The third-order valence-corrected chi connectivity index (χ3v) is 2.26. The lowest BCUT2D eigenvalue weighted by atomic mass is 10.2. The third-order valence-electron chi connectivity index (χ3n) is 2.26. The van der Waals surface area contributed by atoms with E-state index in [1.807, 2.05) is 13.1 Å². The molecule has 0 aromatic carbocycles. The molecule has 0 aliphatic carbocycles. The normalized spacial score (nSPS) is 10.3. The number of carboxylic acids is 1. The Morgan fingerprint density at radius 2 is 2.25 bits per heavy atom. The van der Waals surface area contributed by atoms with Crippen molar-refractivity contribution in [3.63, 3.8) is 0 Å². The van der Waals surface area contributed by atoms with E-state index in [1.54, 1.807) is 16.9 Å². The second-order valence-electron chi connectivity index (χ2n) is 3.32. The zero-order valence-electron chi connectivity index (χ0n) is 8.79. The van der Waals surface area contributed by atoms with Crippen LogP contribution in [0.3, 0.4) is 0 Å². The van der Waals surface area contributed by atoms with Crippen molar-refractivity contribution < 1.29 is 9.90 Å². The minimum absolute atomic E-state index is 0.187. The van der Waals surface area contributed by atoms with E-state index in [0.29, 0.717) is 0 Å². The molecule has 0 radical (unpaired) electrons. The predicted octanol–water partition coefficient (Wildman–Crippen LogP) is 1.66. The molecule has 2 heterocycles. The summed E-state index contributed by atoms with van der Waals surface area (Å²) in [5.74, 6) is -0.969. The lowest BCUT2D eigenvalue weighted by molar-refractivity contribution is 0.0696. The van der Waals surface area contributed by atoms with Crippen LogP contribution >= 0.6 is 0 Å². The first-order valence-corrected chi connectivity index (χ1v) is 4.93. The topological polar surface area (TPSA) is 68.0 Å². The number of pyridine rings is 1. The molecule has 82 valence electrons. The molecule has 0 bridgehead atoms. The number of hydrogen-bond acceptors (Lipinski definition) is 3. The molecule has 0 atom stereocenters. The minimum Gasteiger partial charge on any atom is -0.478 e. The van der Waals surface area contributed by atoms with Gasteiger partial charge in [-0.1, -0.05) is 0 Å².